The molecule has 5 nitrogen and oxygen atoms in total. The van der Waals surface area contributed by atoms with Crippen LogP contribution in [0.25, 0.3) is 44.1 Å². The molecular weight excluding hydrogens is 601 g/mol. The van der Waals surface area contributed by atoms with Gasteiger partial charge in [-0.3, -0.25) is 9.80 Å². The van der Waals surface area contributed by atoms with Crippen LogP contribution in [0.2, 0.25) is 0 Å². The second-order valence-corrected chi connectivity index (χ2v) is 11.9. The van der Waals surface area contributed by atoms with E-state index < -0.39 is 0 Å². The molecule has 49 heavy (non-hydrogen) atoms. The van der Waals surface area contributed by atoms with E-state index in [1.54, 1.807) is 0 Å². The van der Waals surface area contributed by atoms with Crippen LogP contribution in [0, 0.1) is 0 Å². The maximum absolute atomic E-state index is 6.53. The van der Waals surface area contributed by atoms with Gasteiger partial charge in [0.05, 0.1) is 0 Å². The summed E-state index contributed by atoms with van der Waals surface area (Å²) in [6.07, 6.45) is 0. The number of benzene rings is 7. The number of hydrogen-bond donors (Lipinski definition) is 0. The Hall–Kier alpha value is -6.72. The van der Waals surface area contributed by atoms with Crippen molar-refractivity contribution in [3.63, 3.8) is 0 Å². The third-order valence-electron chi connectivity index (χ3n) is 8.84. The summed E-state index contributed by atoms with van der Waals surface area (Å²) >= 11 is 0. The van der Waals surface area contributed by atoms with Gasteiger partial charge in [0, 0.05) is 33.7 Å². The first-order valence-corrected chi connectivity index (χ1v) is 16.3. The number of aromatic nitrogens is 2. The van der Waals surface area contributed by atoms with Gasteiger partial charge < -0.3 is 4.42 Å². The van der Waals surface area contributed by atoms with Crippen molar-refractivity contribution in [1.29, 1.82) is 0 Å². The number of oxazole rings is 1. The van der Waals surface area contributed by atoms with Crippen LogP contribution in [0.1, 0.15) is 0 Å². The molecule has 0 radical (unpaired) electrons. The molecule has 2 heterocycles. The molecule has 232 valence electrons. The molecule has 0 aliphatic rings. The van der Waals surface area contributed by atoms with E-state index in [1.807, 2.05) is 54.6 Å². The summed E-state index contributed by atoms with van der Waals surface area (Å²) in [4.78, 5) is 14.6. The van der Waals surface area contributed by atoms with Gasteiger partial charge in [0.1, 0.15) is 17.2 Å². The Morgan fingerprint density at radius 3 is 1.53 bits per heavy atom. The Balaban J connectivity index is 1.23. The monoisotopic (exact) mass is 630 g/mol. The molecular formula is C44H30N4O. The van der Waals surface area contributed by atoms with Crippen LogP contribution in [-0.2, 0) is 0 Å². The highest BCUT2D eigenvalue weighted by atomic mass is 16.3. The standard InChI is InChI=1S/C44H30N4O/c1-5-14-33(15-6-1)44-45-39-29-27-32-25-24-31-26-28-37(30-38(31)42(32)43(39)49-44)48(36-20-11-4-12-21-36)41-23-13-22-40(46-41)47(34-16-7-2-8-17-34)35-18-9-3-10-19-35/h1-30H. The first-order chi connectivity index (χ1) is 24.3. The Kier molecular flexibility index (Phi) is 7.06. The molecule has 0 aliphatic carbocycles. The van der Waals surface area contributed by atoms with Gasteiger partial charge in [-0.25, -0.2) is 9.97 Å². The highest BCUT2D eigenvalue weighted by Crippen LogP contribution is 2.41. The largest absolute Gasteiger partial charge is 0.435 e. The highest BCUT2D eigenvalue weighted by molar-refractivity contribution is 6.18. The van der Waals surface area contributed by atoms with Crippen LogP contribution in [0.3, 0.4) is 0 Å². The van der Waals surface area contributed by atoms with Gasteiger partial charge in [-0.2, -0.15) is 0 Å². The first kappa shape index (κ1) is 28.5. The first-order valence-electron chi connectivity index (χ1n) is 16.3. The average Bonchev–Trinajstić information content (AvgIpc) is 3.62. The maximum atomic E-state index is 6.53. The van der Waals surface area contributed by atoms with Gasteiger partial charge >= 0.3 is 0 Å². The van der Waals surface area contributed by atoms with Crippen LogP contribution in [-0.4, -0.2) is 9.97 Å². The second-order valence-electron chi connectivity index (χ2n) is 11.9. The molecule has 9 aromatic rings. The maximum Gasteiger partial charge on any atom is 0.227 e. The number of para-hydroxylation sites is 3. The fourth-order valence-corrected chi connectivity index (χ4v) is 6.57. The molecule has 2 aromatic heterocycles. The molecule has 0 unspecified atom stereocenters. The molecule has 0 bridgehead atoms. The van der Waals surface area contributed by atoms with Crippen molar-refractivity contribution in [1.82, 2.24) is 9.97 Å². The zero-order valence-electron chi connectivity index (χ0n) is 26.5. The fourth-order valence-electron chi connectivity index (χ4n) is 6.57. The topological polar surface area (TPSA) is 45.4 Å². The van der Waals surface area contributed by atoms with E-state index >= 15 is 0 Å². The third-order valence-corrected chi connectivity index (χ3v) is 8.84. The van der Waals surface area contributed by atoms with Crippen LogP contribution in [0.4, 0.5) is 34.4 Å². The molecule has 5 heteroatoms. The van der Waals surface area contributed by atoms with Crippen molar-refractivity contribution in [2.75, 3.05) is 9.80 Å². The van der Waals surface area contributed by atoms with E-state index in [2.05, 4.69) is 137 Å². The predicted octanol–water partition coefficient (Wildman–Crippen LogP) is 12.1. The molecule has 0 atom stereocenters. The average molecular weight is 631 g/mol. The van der Waals surface area contributed by atoms with E-state index in [4.69, 9.17) is 14.4 Å². The molecule has 0 saturated heterocycles. The van der Waals surface area contributed by atoms with Crippen LogP contribution < -0.4 is 9.80 Å². The summed E-state index contributed by atoms with van der Waals surface area (Å²) in [5.74, 6) is 2.24. The predicted molar refractivity (Wildman–Crippen MR) is 202 cm³/mol. The summed E-state index contributed by atoms with van der Waals surface area (Å²) in [5, 5.41) is 4.35. The van der Waals surface area contributed by atoms with Crippen LogP contribution in [0.5, 0.6) is 0 Å². The summed E-state index contributed by atoms with van der Waals surface area (Å²) in [5.41, 5.74) is 6.64. The van der Waals surface area contributed by atoms with Crippen molar-refractivity contribution >= 4 is 67.0 Å². The zero-order chi connectivity index (χ0) is 32.6. The van der Waals surface area contributed by atoms with Crippen LogP contribution in [0.15, 0.2) is 186 Å². The number of hydrogen-bond acceptors (Lipinski definition) is 5. The van der Waals surface area contributed by atoms with Gasteiger partial charge in [0.2, 0.25) is 5.89 Å². The third kappa shape index (κ3) is 5.24. The smallest absolute Gasteiger partial charge is 0.227 e. The molecule has 0 spiro atoms. The number of fused-ring (bicyclic) bond motifs is 5. The minimum Gasteiger partial charge on any atom is -0.435 e. The Morgan fingerprint density at radius 2 is 0.918 bits per heavy atom. The summed E-state index contributed by atoms with van der Waals surface area (Å²) in [7, 11) is 0. The Bertz CT molecular complexity index is 2510. The van der Waals surface area contributed by atoms with Gasteiger partial charge in [-0.1, -0.05) is 103 Å². The minimum atomic E-state index is 0.615. The van der Waals surface area contributed by atoms with Gasteiger partial charge in [0.15, 0.2) is 5.58 Å². The number of anilines is 6. The molecule has 0 amide bonds. The minimum absolute atomic E-state index is 0.615. The fraction of sp³-hybridized carbons (Fsp3) is 0. The lowest BCUT2D eigenvalue weighted by Gasteiger charge is -2.28. The van der Waals surface area contributed by atoms with Crippen molar-refractivity contribution < 1.29 is 4.42 Å². The van der Waals surface area contributed by atoms with Crippen molar-refractivity contribution in [2.45, 2.75) is 0 Å². The number of pyridine rings is 1. The molecule has 0 aliphatic heterocycles. The second kappa shape index (κ2) is 12.1. The molecule has 7 aromatic carbocycles. The SMILES string of the molecule is c1ccc(-c2nc3ccc4ccc5ccc(N(c6ccccc6)c6cccc(N(c7ccccc7)c7ccccc7)n6)cc5c4c3o2)cc1. The van der Waals surface area contributed by atoms with Gasteiger partial charge in [-0.05, 0) is 95.0 Å². The number of rotatable bonds is 7. The van der Waals surface area contributed by atoms with E-state index in [0.717, 1.165) is 72.6 Å². The van der Waals surface area contributed by atoms with Gasteiger partial charge in [-0.15, -0.1) is 0 Å². The molecule has 9 rings (SSSR count). The Morgan fingerprint density at radius 1 is 0.408 bits per heavy atom. The molecule has 0 saturated carbocycles. The highest BCUT2D eigenvalue weighted by Gasteiger charge is 2.20. The summed E-state index contributed by atoms with van der Waals surface area (Å²) in [6, 6.07) is 62.5. The lowest BCUT2D eigenvalue weighted by molar-refractivity contribution is 0.623. The molecule has 0 N–H and O–H groups in total. The summed E-state index contributed by atoms with van der Waals surface area (Å²) in [6.45, 7) is 0. The lowest BCUT2D eigenvalue weighted by atomic mass is 10.00. The van der Waals surface area contributed by atoms with Crippen molar-refractivity contribution in [3.05, 3.63) is 182 Å². The van der Waals surface area contributed by atoms with Crippen molar-refractivity contribution in [3.8, 4) is 11.5 Å². The van der Waals surface area contributed by atoms with E-state index in [9.17, 15) is 0 Å². The quantitative estimate of drug-likeness (QED) is 0.164. The lowest BCUT2D eigenvalue weighted by Crippen LogP contribution is -2.15. The summed E-state index contributed by atoms with van der Waals surface area (Å²) < 4.78 is 6.53. The van der Waals surface area contributed by atoms with E-state index in [0.29, 0.717) is 5.89 Å². The van der Waals surface area contributed by atoms with Gasteiger partial charge in [0.25, 0.3) is 0 Å². The van der Waals surface area contributed by atoms with Crippen LogP contribution >= 0.6 is 0 Å². The van der Waals surface area contributed by atoms with Crippen molar-refractivity contribution in [2.24, 2.45) is 0 Å². The zero-order valence-corrected chi connectivity index (χ0v) is 26.5. The van der Waals surface area contributed by atoms with E-state index in [-0.39, 0.29) is 0 Å². The normalized spacial score (nSPS) is 11.3. The van der Waals surface area contributed by atoms with E-state index in [1.165, 1.54) is 0 Å². The molecule has 0 fully saturated rings. The number of nitrogens with zero attached hydrogens (tertiary/aromatic N) is 4. The Labute approximate surface area is 284 Å².